The molecule has 0 spiro atoms. The van der Waals surface area contributed by atoms with E-state index in [0.29, 0.717) is 16.5 Å². The zero-order valence-corrected chi connectivity index (χ0v) is 17.6. The van der Waals surface area contributed by atoms with Crippen molar-refractivity contribution in [2.75, 3.05) is 0 Å². The Morgan fingerprint density at radius 3 is 2.60 bits per heavy atom. The maximum atomic E-state index is 13.4. The maximum Gasteiger partial charge on any atom is 0.326 e. The second-order valence-electron chi connectivity index (χ2n) is 7.00. The molecule has 156 valence electrons. The van der Waals surface area contributed by atoms with Crippen LogP contribution in [0, 0.1) is 5.82 Å². The van der Waals surface area contributed by atoms with Gasteiger partial charge in [0.2, 0.25) is 5.91 Å². The molecule has 1 aliphatic carbocycles. The van der Waals surface area contributed by atoms with Gasteiger partial charge in [0.05, 0.1) is 4.88 Å². The highest BCUT2D eigenvalue weighted by molar-refractivity contribution is 8.00. The summed E-state index contributed by atoms with van der Waals surface area (Å²) in [5.74, 6) is -1.21. The Morgan fingerprint density at radius 2 is 2.00 bits per heavy atom. The van der Waals surface area contributed by atoms with Gasteiger partial charge in [-0.05, 0) is 48.9 Å². The lowest BCUT2D eigenvalue weighted by molar-refractivity contribution is -0.140. The summed E-state index contributed by atoms with van der Waals surface area (Å²) in [7, 11) is 0. The molecule has 10 heteroatoms. The summed E-state index contributed by atoms with van der Waals surface area (Å²) in [5.41, 5.74) is 0.606. The first-order valence-corrected chi connectivity index (χ1v) is 11.1. The van der Waals surface area contributed by atoms with Crippen molar-refractivity contribution in [3.05, 3.63) is 53.2 Å². The Bertz CT molecular complexity index is 1050. The number of nitrogens with one attached hydrogen (secondary N) is 1. The molecule has 30 heavy (non-hydrogen) atoms. The van der Waals surface area contributed by atoms with E-state index in [2.05, 4.69) is 15.5 Å². The molecule has 1 amide bonds. The molecule has 2 atom stereocenters. The summed E-state index contributed by atoms with van der Waals surface area (Å²) >= 11 is 2.54. The number of benzene rings is 1. The van der Waals surface area contributed by atoms with E-state index in [-0.39, 0.29) is 11.9 Å². The fourth-order valence-electron chi connectivity index (χ4n) is 2.91. The van der Waals surface area contributed by atoms with Gasteiger partial charge in [-0.15, -0.1) is 21.5 Å². The molecule has 1 aromatic carbocycles. The molecule has 1 fully saturated rings. The van der Waals surface area contributed by atoms with Gasteiger partial charge >= 0.3 is 5.97 Å². The van der Waals surface area contributed by atoms with E-state index in [0.717, 1.165) is 29.5 Å². The molecule has 0 bridgehead atoms. The lowest BCUT2D eigenvalue weighted by atomic mass is 10.1. The van der Waals surface area contributed by atoms with Crippen molar-refractivity contribution in [2.24, 2.45) is 0 Å². The van der Waals surface area contributed by atoms with Gasteiger partial charge in [-0.3, -0.25) is 9.36 Å². The third-order valence-corrected chi connectivity index (χ3v) is 6.79. The molecule has 0 aliphatic heterocycles. The van der Waals surface area contributed by atoms with Gasteiger partial charge in [0, 0.05) is 6.04 Å². The van der Waals surface area contributed by atoms with Crippen molar-refractivity contribution >= 4 is 35.0 Å². The largest absolute Gasteiger partial charge is 0.480 e. The second-order valence-corrected chi connectivity index (χ2v) is 9.02. The Labute approximate surface area is 180 Å². The quantitative estimate of drug-likeness (QED) is 0.510. The standard InChI is InChI=1S/C20H19FN4O3S2/c1-11(19(27)28)25-17(15-3-2-10-29-15)23-24-20(25)30-16(18(26)22-14-8-9-14)12-4-6-13(21)7-5-12/h2-7,10-11,14,16H,8-9H2,1H3,(H,22,26)(H,27,28)/t11-,16+/m0/s1. The number of nitrogens with zero attached hydrogens (tertiary/aromatic N) is 3. The van der Waals surface area contributed by atoms with Crippen LogP contribution in [-0.4, -0.2) is 37.8 Å². The van der Waals surface area contributed by atoms with Crippen molar-refractivity contribution in [2.45, 2.75) is 42.3 Å². The molecule has 0 radical (unpaired) electrons. The van der Waals surface area contributed by atoms with E-state index in [9.17, 15) is 19.1 Å². The average Bonchev–Trinajstić information content (AvgIpc) is 3.20. The van der Waals surface area contributed by atoms with Crippen LogP contribution in [0.15, 0.2) is 46.9 Å². The zero-order chi connectivity index (χ0) is 21.3. The van der Waals surface area contributed by atoms with Gasteiger partial charge in [-0.2, -0.15) is 0 Å². The number of thioether (sulfide) groups is 1. The van der Waals surface area contributed by atoms with E-state index >= 15 is 0 Å². The number of hydrogen-bond donors (Lipinski definition) is 2. The van der Waals surface area contributed by atoms with Crippen molar-refractivity contribution in [1.82, 2.24) is 20.1 Å². The summed E-state index contributed by atoms with van der Waals surface area (Å²) in [6.45, 7) is 1.55. The molecule has 0 unspecified atom stereocenters. The highest BCUT2D eigenvalue weighted by Crippen LogP contribution is 2.39. The highest BCUT2D eigenvalue weighted by atomic mass is 32.2. The summed E-state index contributed by atoms with van der Waals surface area (Å²) in [6, 6.07) is 8.62. The van der Waals surface area contributed by atoms with E-state index in [1.165, 1.54) is 28.0 Å². The molecule has 1 aliphatic rings. The van der Waals surface area contributed by atoms with Gasteiger partial charge in [-0.25, -0.2) is 9.18 Å². The first kappa shape index (κ1) is 20.5. The highest BCUT2D eigenvalue weighted by Gasteiger charge is 2.32. The predicted molar refractivity (Wildman–Crippen MR) is 112 cm³/mol. The number of hydrogen-bond acceptors (Lipinski definition) is 6. The van der Waals surface area contributed by atoms with Crippen LogP contribution in [0.4, 0.5) is 4.39 Å². The molecule has 1 saturated carbocycles. The molecular weight excluding hydrogens is 427 g/mol. The third-order valence-electron chi connectivity index (χ3n) is 4.71. The van der Waals surface area contributed by atoms with Crippen LogP contribution in [0.25, 0.3) is 10.7 Å². The lowest BCUT2D eigenvalue weighted by Crippen LogP contribution is -2.30. The van der Waals surface area contributed by atoms with E-state index < -0.39 is 23.1 Å². The van der Waals surface area contributed by atoms with Gasteiger partial charge in [0.25, 0.3) is 0 Å². The molecule has 2 N–H and O–H groups in total. The number of aromatic nitrogens is 3. The monoisotopic (exact) mass is 446 g/mol. The van der Waals surface area contributed by atoms with Crippen LogP contribution >= 0.6 is 23.1 Å². The summed E-state index contributed by atoms with van der Waals surface area (Å²) < 4.78 is 14.9. The van der Waals surface area contributed by atoms with Crippen molar-refractivity contribution in [3.63, 3.8) is 0 Å². The number of halogens is 1. The smallest absolute Gasteiger partial charge is 0.326 e. The van der Waals surface area contributed by atoms with Crippen molar-refractivity contribution in [1.29, 1.82) is 0 Å². The van der Waals surface area contributed by atoms with Gasteiger partial charge < -0.3 is 10.4 Å². The van der Waals surface area contributed by atoms with Gasteiger partial charge in [0.15, 0.2) is 11.0 Å². The number of carbonyl (C=O) groups excluding carboxylic acids is 1. The van der Waals surface area contributed by atoms with Gasteiger partial charge in [-0.1, -0.05) is 30.0 Å². The first-order chi connectivity index (χ1) is 14.4. The molecule has 2 heterocycles. The minimum atomic E-state index is -1.03. The molecule has 4 rings (SSSR count). The number of amides is 1. The number of carboxylic acid groups (broad SMARTS) is 1. The first-order valence-electron chi connectivity index (χ1n) is 9.38. The van der Waals surface area contributed by atoms with E-state index in [1.54, 1.807) is 19.1 Å². The normalized spacial score (nSPS) is 15.5. The third kappa shape index (κ3) is 4.39. The van der Waals surface area contributed by atoms with E-state index in [4.69, 9.17) is 0 Å². The van der Waals surface area contributed by atoms with Gasteiger partial charge in [0.1, 0.15) is 17.1 Å². The molecule has 7 nitrogen and oxygen atoms in total. The Hall–Kier alpha value is -2.72. The molecule has 0 saturated heterocycles. The molecule has 3 aromatic rings. The lowest BCUT2D eigenvalue weighted by Gasteiger charge is -2.19. The number of rotatable bonds is 8. The minimum Gasteiger partial charge on any atom is -0.480 e. The average molecular weight is 447 g/mol. The summed E-state index contributed by atoms with van der Waals surface area (Å²) in [5, 5.41) is 22.5. The molecule has 2 aromatic heterocycles. The van der Waals surface area contributed by atoms with Crippen LogP contribution < -0.4 is 5.32 Å². The fraction of sp³-hybridized carbons (Fsp3) is 0.300. The Balaban J connectivity index is 1.72. The second kappa shape index (κ2) is 8.57. The number of thiophene rings is 1. The van der Waals surface area contributed by atoms with Crippen LogP contribution in [0.1, 0.15) is 36.6 Å². The van der Waals surface area contributed by atoms with Crippen LogP contribution in [-0.2, 0) is 9.59 Å². The topological polar surface area (TPSA) is 97.1 Å². The van der Waals surface area contributed by atoms with Crippen molar-refractivity contribution in [3.8, 4) is 10.7 Å². The zero-order valence-electron chi connectivity index (χ0n) is 16.0. The predicted octanol–water partition coefficient (Wildman–Crippen LogP) is 3.90. The number of carboxylic acids is 1. The molecular formula is C20H19FN4O3S2. The van der Waals surface area contributed by atoms with Crippen molar-refractivity contribution < 1.29 is 19.1 Å². The van der Waals surface area contributed by atoms with Crippen LogP contribution in [0.3, 0.4) is 0 Å². The number of carbonyl (C=O) groups is 2. The summed E-state index contributed by atoms with van der Waals surface area (Å²) in [6.07, 6.45) is 1.86. The minimum absolute atomic E-state index is 0.151. The Morgan fingerprint density at radius 1 is 1.27 bits per heavy atom. The van der Waals surface area contributed by atoms with Crippen LogP contribution in [0.2, 0.25) is 0 Å². The maximum absolute atomic E-state index is 13.4. The van der Waals surface area contributed by atoms with E-state index in [1.807, 2.05) is 17.5 Å². The van der Waals surface area contributed by atoms with Crippen LogP contribution in [0.5, 0.6) is 0 Å². The SMILES string of the molecule is C[C@@H](C(=O)O)n1c(S[C@@H](C(=O)NC2CC2)c2ccc(F)cc2)nnc1-c1cccs1. The Kier molecular flexibility index (Phi) is 5.87. The summed E-state index contributed by atoms with van der Waals surface area (Å²) in [4.78, 5) is 25.5. The fourth-order valence-corrected chi connectivity index (χ4v) is 4.74. The number of aliphatic carboxylic acids is 1.